The lowest BCUT2D eigenvalue weighted by Gasteiger charge is -2.45. The van der Waals surface area contributed by atoms with Crippen LogP contribution in [-0.4, -0.2) is 3.42 Å². The topological polar surface area (TPSA) is 0 Å². The van der Waals surface area contributed by atoms with Gasteiger partial charge in [0.2, 0.25) is 0 Å². The molecule has 1 spiro atoms. The van der Waals surface area contributed by atoms with Crippen LogP contribution < -0.4 is 0 Å². The van der Waals surface area contributed by atoms with E-state index in [2.05, 4.69) is 29.5 Å². The van der Waals surface area contributed by atoms with Crippen molar-refractivity contribution >= 4 is 22.6 Å². The van der Waals surface area contributed by atoms with Crippen molar-refractivity contribution in [1.82, 2.24) is 0 Å². The molecule has 0 amide bonds. The molecular formula is C12H21I. The fourth-order valence-corrected chi connectivity index (χ4v) is 3.64. The Kier molecular flexibility index (Phi) is 2.93. The summed E-state index contributed by atoms with van der Waals surface area (Å²) in [6.45, 7) is 2.43. The van der Waals surface area contributed by atoms with Gasteiger partial charge in [-0.3, -0.25) is 0 Å². The molecule has 2 fully saturated rings. The van der Waals surface area contributed by atoms with E-state index in [9.17, 15) is 0 Å². The highest BCUT2D eigenvalue weighted by Gasteiger charge is 2.39. The van der Waals surface area contributed by atoms with Crippen LogP contribution in [0.5, 0.6) is 0 Å². The van der Waals surface area contributed by atoms with Crippen LogP contribution in [0.25, 0.3) is 0 Å². The van der Waals surface area contributed by atoms with Gasteiger partial charge in [-0.15, -0.1) is 0 Å². The lowest BCUT2D eigenvalue weighted by Crippen LogP contribution is -2.34. The Hall–Kier alpha value is 0.730. The second kappa shape index (κ2) is 3.71. The molecule has 0 bridgehead atoms. The van der Waals surface area contributed by atoms with Crippen molar-refractivity contribution in [2.45, 2.75) is 68.1 Å². The highest BCUT2D eigenvalue weighted by atomic mass is 127. The van der Waals surface area contributed by atoms with E-state index in [-0.39, 0.29) is 0 Å². The van der Waals surface area contributed by atoms with E-state index < -0.39 is 0 Å². The summed E-state index contributed by atoms with van der Waals surface area (Å²) < 4.78 is 0.625. The molecule has 76 valence electrons. The molecule has 13 heavy (non-hydrogen) atoms. The number of alkyl halides is 1. The van der Waals surface area contributed by atoms with Crippen LogP contribution in [-0.2, 0) is 0 Å². The van der Waals surface area contributed by atoms with E-state index in [0.717, 1.165) is 5.41 Å². The average molecular weight is 292 g/mol. The van der Waals surface area contributed by atoms with Crippen LogP contribution in [0, 0.1) is 5.41 Å². The van der Waals surface area contributed by atoms with Gasteiger partial charge in [0.1, 0.15) is 0 Å². The van der Waals surface area contributed by atoms with E-state index in [1.165, 1.54) is 44.9 Å². The van der Waals surface area contributed by atoms with Crippen LogP contribution in [0.2, 0.25) is 0 Å². The first-order chi connectivity index (χ1) is 6.12. The fourth-order valence-electron chi connectivity index (χ4n) is 3.10. The molecule has 0 heterocycles. The van der Waals surface area contributed by atoms with Gasteiger partial charge in [-0.1, -0.05) is 48.8 Å². The van der Waals surface area contributed by atoms with Crippen molar-refractivity contribution in [3.8, 4) is 0 Å². The maximum atomic E-state index is 2.67. The minimum Gasteiger partial charge on any atom is -0.0792 e. The zero-order valence-electron chi connectivity index (χ0n) is 8.74. The second-order valence-corrected chi connectivity index (χ2v) is 8.08. The summed E-state index contributed by atoms with van der Waals surface area (Å²) in [4.78, 5) is 0. The van der Waals surface area contributed by atoms with Gasteiger partial charge in [-0.2, -0.15) is 0 Å². The van der Waals surface area contributed by atoms with Crippen LogP contribution >= 0.6 is 22.6 Å². The molecule has 2 saturated carbocycles. The van der Waals surface area contributed by atoms with Crippen molar-refractivity contribution in [3.63, 3.8) is 0 Å². The molecule has 0 unspecified atom stereocenters. The summed E-state index contributed by atoms with van der Waals surface area (Å²) in [5.74, 6) is 0. The molecule has 2 aliphatic carbocycles. The van der Waals surface area contributed by atoms with E-state index in [1.54, 1.807) is 12.8 Å². The Bertz CT molecular complexity index is 166. The SMILES string of the molecule is CC1(I)CCC2(CCCCC2)CC1. The highest BCUT2D eigenvalue weighted by Crippen LogP contribution is 2.51. The molecule has 0 saturated heterocycles. The van der Waals surface area contributed by atoms with Gasteiger partial charge in [0.05, 0.1) is 0 Å². The largest absolute Gasteiger partial charge is 0.0792 e. The normalized spacial score (nSPS) is 31.8. The predicted octanol–water partition coefficient (Wildman–Crippen LogP) is 4.70. The molecule has 0 nitrogen and oxygen atoms in total. The van der Waals surface area contributed by atoms with Gasteiger partial charge in [0, 0.05) is 3.42 Å². The maximum absolute atomic E-state index is 2.67. The zero-order chi connectivity index (χ0) is 9.36. The predicted molar refractivity (Wildman–Crippen MR) is 66.4 cm³/mol. The molecule has 0 aromatic carbocycles. The average Bonchev–Trinajstić information content (AvgIpc) is 2.13. The molecule has 0 aromatic rings. The second-order valence-electron chi connectivity index (χ2n) is 5.47. The molecular weight excluding hydrogens is 271 g/mol. The van der Waals surface area contributed by atoms with Crippen LogP contribution in [0.15, 0.2) is 0 Å². The molecule has 0 aliphatic heterocycles. The monoisotopic (exact) mass is 292 g/mol. The third-order valence-corrected chi connectivity index (χ3v) is 5.35. The van der Waals surface area contributed by atoms with Gasteiger partial charge in [-0.05, 0) is 43.9 Å². The molecule has 0 radical (unpaired) electrons. The Morgan fingerprint density at radius 3 is 1.85 bits per heavy atom. The van der Waals surface area contributed by atoms with Crippen molar-refractivity contribution in [2.75, 3.05) is 0 Å². The van der Waals surface area contributed by atoms with Gasteiger partial charge in [-0.25, -0.2) is 0 Å². The molecule has 1 heteroatoms. The Balaban J connectivity index is 1.95. The molecule has 0 aromatic heterocycles. The number of halogens is 1. The van der Waals surface area contributed by atoms with Crippen molar-refractivity contribution in [2.24, 2.45) is 5.41 Å². The van der Waals surface area contributed by atoms with E-state index in [4.69, 9.17) is 0 Å². The van der Waals surface area contributed by atoms with E-state index >= 15 is 0 Å². The summed E-state index contributed by atoms with van der Waals surface area (Å²) in [6, 6.07) is 0. The van der Waals surface area contributed by atoms with Gasteiger partial charge in [0.15, 0.2) is 0 Å². The van der Waals surface area contributed by atoms with E-state index in [0.29, 0.717) is 3.42 Å². The maximum Gasteiger partial charge on any atom is 0.0194 e. The number of hydrogen-bond acceptors (Lipinski definition) is 0. The van der Waals surface area contributed by atoms with E-state index in [1.807, 2.05) is 0 Å². The van der Waals surface area contributed by atoms with Gasteiger partial charge in [0.25, 0.3) is 0 Å². The zero-order valence-corrected chi connectivity index (χ0v) is 10.9. The summed E-state index contributed by atoms with van der Waals surface area (Å²) in [6.07, 6.45) is 13.6. The molecule has 2 aliphatic rings. The van der Waals surface area contributed by atoms with Crippen LogP contribution in [0.3, 0.4) is 0 Å². The highest BCUT2D eigenvalue weighted by molar-refractivity contribution is 14.1. The minimum absolute atomic E-state index is 0.625. The van der Waals surface area contributed by atoms with Crippen LogP contribution in [0.1, 0.15) is 64.7 Å². The minimum atomic E-state index is 0.625. The Morgan fingerprint density at radius 1 is 0.769 bits per heavy atom. The first kappa shape index (κ1) is 10.3. The van der Waals surface area contributed by atoms with Crippen LogP contribution in [0.4, 0.5) is 0 Å². The summed E-state index contributed by atoms with van der Waals surface area (Å²) in [7, 11) is 0. The number of rotatable bonds is 0. The molecule has 2 rings (SSSR count). The van der Waals surface area contributed by atoms with Crippen molar-refractivity contribution < 1.29 is 0 Å². The van der Waals surface area contributed by atoms with Crippen molar-refractivity contribution in [1.29, 1.82) is 0 Å². The summed E-state index contributed by atoms with van der Waals surface area (Å²) >= 11 is 2.67. The van der Waals surface area contributed by atoms with Gasteiger partial charge < -0.3 is 0 Å². The molecule has 0 N–H and O–H groups in total. The first-order valence-electron chi connectivity index (χ1n) is 5.81. The quantitative estimate of drug-likeness (QED) is 0.448. The fraction of sp³-hybridized carbons (Fsp3) is 1.00. The Morgan fingerprint density at radius 2 is 1.31 bits per heavy atom. The van der Waals surface area contributed by atoms with Crippen molar-refractivity contribution in [3.05, 3.63) is 0 Å². The van der Waals surface area contributed by atoms with Gasteiger partial charge >= 0.3 is 0 Å². The smallest absolute Gasteiger partial charge is 0.0194 e. The third kappa shape index (κ3) is 2.40. The first-order valence-corrected chi connectivity index (χ1v) is 6.89. The summed E-state index contributed by atoms with van der Waals surface area (Å²) in [5, 5.41) is 0. The lowest BCUT2D eigenvalue weighted by atomic mass is 9.63. The molecule has 0 atom stereocenters. The number of hydrogen-bond donors (Lipinski definition) is 0. The summed E-state index contributed by atoms with van der Waals surface area (Å²) in [5.41, 5.74) is 0.808. The Labute approximate surface area is 96.0 Å². The third-order valence-electron chi connectivity index (χ3n) is 4.27. The lowest BCUT2D eigenvalue weighted by molar-refractivity contribution is 0.114. The standard InChI is InChI=1S/C12H21I/c1-11(13)7-9-12(10-8-11)5-3-2-4-6-12/h2-10H2,1H3.